The first-order chi connectivity index (χ1) is 8.61. The lowest BCUT2D eigenvalue weighted by Crippen LogP contribution is -2.22. The van der Waals surface area contributed by atoms with Gasteiger partial charge in [-0.1, -0.05) is 0 Å². The Morgan fingerprint density at radius 3 is 2.50 bits per heavy atom. The van der Waals surface area contributed by atoms with Gasteiger partial charge in [-0.2, -0.15) is 0 Å². The van der Waals surface area contributed by atoms with Gasteiger partial charge in [-0.05, 0) is 26.0 Å². The fourth-order valence-corrected chi connectivity index (χ4v) is 3.21. The second-order valence-corrected chi connectivity index (χ2v) is 5.99. The monoisotopic (exact) mass is 272 g/mol. The number of pyridine rings is 1. The van der Waals surface area contributed by atoms with Crippen LogP contribution in [0.15, 0.2) is 24.5 Å². The summed E-state index contributed by atoms with van der Waals surface area (Å²) in [6.45, 7) is 5.03. The van der Waals surface area contributed by atoms with E-state index in [1.165, 1.54) is 0 Å². The van der Waals surface area contributed by atoms with Crippen LogP contribution in [0.1, 0.15) is 13.8 Å². The Morgan fingerprint density at radius 2 is 2.00 bits per heavy atom. The Labute approximate surface area is 109 Å². The van der Waals surface area contributed by atoms with E-state index in [2.05, 4.69) is 4.98 Å². The second-order valence-electron chi connectivity index (χ2n) is 3.80. The summed E-state index contributed by atoms with van der Waals surface area (Å²) in [6, 6.07) is 3.83. The molecule has 1 rings (SSSR count). The number of rotatable bonds is 8. The summed E-state index contributed by atoms with van der Waals surface area (Å²) in [7, 11) is -1.03. The maximum atomic E-state index is 12.3. The molecule has 1 aromatic heterocycles. The van der Waals surface area contributed by atoms with Crippen LogP contribution in [0.3, 0.4) is 0 Å². The van der Waals surface area contributed by atoms with Gasteiger partial charge >= 0.3 is 7.60 Å². The van der Waals surface area contributed by atoms with E-state index < -0.39 is 7.60 Å². The highest BCUT2D eigenvalue weighted by atomic mass is 31.2. The van der Waals surface area contributed by atoms with Crippen LogP contribution in [-0.2, 0) is 13.6 Å². The van der Waals surface area contributed by atoms with Crippen molar-refractivity contribution in [3.05, 3.63) is 24.5 Å². The molecule has 0 saturated heterocycles. The van der Waals surface area contributed by atoms with Crippen molar-refractivity contribution in [2.75, 3.05) is 37.9 Å². The smallest absolute Gasteiger partial charge is 0.332 e. The summed E-state index contributed by atoms with van der Waals surface area (Å²) in [6.07, 6.45) is 3.87. The molecule has 0 fully saturated rings. The average molecular weight is 272 g/mol. The standard InChI is InChI=1S/C12H21N2O3P/c1-4-16-18(15,17-5-2)10-9-14(3)12-7-6-8-13-11-12/h6-8,11H,4-5,9-10H2,1-3H3. The molecule has 0 bridgehead atoms. The fourth-order valence-electron chi connectivity index (χ4n) is 1.54. The van der Waals surface area contributed by atoms with Gasteiger partial charge in [0.2, 0.25) is 0 Å². The number of nitrogens with zero attached hydrogens (tertiary/aromatic N) is 2. The van der Waals surface area contributed by atoms with Gasteiger partial charge in [0.1, 0.15) is 0 Å². The molecule has 5 nitrogen and oxygen atoms in total. The van der Waals surface area contributed by atoms with Crippen LogP contribution in [0.25, 0.3) is 0 Å². The molecule has 0 unspecified atom stereocenters. The molecule has 0 aliphatic carbocycles. The van der Waals surface area contributed by atoms with Crippen LogP contribution in [-0.4, -0.2) is 38.0 Å². The molecule has 0 atom stereocenters. The van der Waals surface area contributed by atoms with E-state index in [1.54, 1.807) is 12.4 Å². The maximum absolute atomic E-state index is 12.3. The van der Waals surface area contributed by atoms with Crippen molar-refractivity contribution in [3.8, 4) is 0 Å². The van der Waals surface area contributed by atoms with Crippen LogP contribution < -0.4 is 4.90 Å². The third kappa shape index (κ3) is 4.77. The van der Waals surface area contributed by atoms with E-state index in [0.29, 0.717) is 25.9 Å². The number of hydrogen-bond acceptors (Lipinski definition) is 5. The number of anilines is 1. The minimum Gasteiger partial charge on any atom is -0.373 e. The van der Waals surface area contributed by atoms with Crippen molar-refractivity contribution >= 4 is 13.3 Å². The predicted octanol–water partition coefficient (Wildman–Crippen LogP) is 2.78. The second kappa shape index (κ2) is 7.52. The summed E-state index contributed by atoms with van der Waals surface area (Å²) in [5.41, 5.74) is 0.983. The molecule has 18 heavy (non-hydrogen) atoms. The summed E-state index contributed by atoms with van der Waals surface area (Å²) >= 11 is 0. The zero-order valence-corrected chi connectivity index (χ0v) is 12.1. The van der Waals surface area contributed by atoms with E-state index in [1.807, 2.05) is 37.9 Å². The summed E-state index contributed by atoms with van der Waals surface area (Å²) in [5.74, 6) is 0. The first-order valence-corrected chi connectivity index (χ1v) is 7.83. The minimum atomic E-state index is -2.96. The third-order valence-corrected chi connectivity index (χ3v) is 4.50. The van der Waals surface area contributed by atoms with Crippen molar-refractivity contribution in [3.63, 3.8) is 0 Å². The van der Waals surface area contributed by atoms with E-state index in [9.17, 15) is 4.57 Å². The van der Waals surface area contributed by atoms with Gasteiger partial charge in [0.05, 0.1) is 31.3 Å². The average Bonchev–Trinajstić information content (AvgIpc) is 2.38. The summed E-state index contributed by atoms with van der Waals surface area (Å²) < 4.78 is 22.8. The fraction of sp³-hybridized carbons (Fsp3) is 0.583. The molecule has 0 N–H and O–H groups in total. The number of hydrogen-bond donors (Lipinski definition) is 0. The Bertz CT molecular complexity index is 376. The first-order valence-electron chi connectivity index (χ1n) is 6.10. The molecular weight excluding hydrogens is 251 g/mol. The molecule has 0 aromatic carbocycles. The van der Waals surface area contributed by atoms with Crippen molar-refractivity contribution in [1.29, 1.82) is 0 Å². The molecule has 0 amide bonds. The third-order valence-electron chi connectivity index (χ3n) is 2.45. The highest BCUT2D eigenvalue weighted by molar-refractivity contribution is 7.53. The van der Waals surface area contributed by atoms with Crippen LogP contribution >= 0.6 is 7.60 Å². The molecule has 0 aliphatic heterocycles. The molecule has 1 aromatic rings. The Balaban J connectivity index is 2.55. The van der Waals surface area contributed by atoms with Crippen LogP contribution in [0.2, 0.25) is 0 Å². The van der Waals surface area contributed by atoms with Gasteiger partial charge in [0, 0.05) is 19.8 Å². The lowest BCUT2D eigenvalue weighted by atomic mass is 10.4. The number of aromatic nitrogens is 1. The Hall–Kier alpha value is -0.900. The molecule has 1 heterocycles. The van der Waals surface area contributed by atoms with Crippen LogP contribution in [0, 0.1) is 0 Å². The minimum absolute atomic E-state index is 0.375. The Morgan fingerprint density at radius 1 is 1.33 bits per heavy atom. The van der Waals surface area contributed by atoms with Gasteiger partial charge in [-0.25, -0.2) is 0 Å². The van der Waals surface area contributed by atoms with E-state index >= 15 is 0 Å². The predicted molar refractivity (Wildman–Crippen MR) is 73.2 cm³/mol. The quantitative estimate of drug-likeness (QED) is 0.681. The zero-order valence-electron chi connectivity index (χ0n) is 11.2. The van der Waals surface area contributed by atoms with Crippen LogP contribution in [0.5, 0.6) is 0 Å². The molecule has 0 saturated carbocycles. The van der Waals surface area contributed by atoms with Gasteiger partial charge in [-0.15, -0.1) is 0 Å². The molecule has 6 heteroatoms. The topological polar surface area (TPSA) is 51.7 Å². The highest BCUT2D eigenvalue weighted by Crippen LogP contribution is 2.47. The van der Waals surface area contributed by atoms with Crippen molar-refractivity contribution in [2.24, 2.45) is 0 Å². The zero-order chi connectivity index (χ0) is 13.4. The van der Waals surface area contributed by atoms with Crippen molar-refractivity contribution < 1.29 is 13.6 Å². The van der Waals surface area contributed by atoms with E-state index in [0.717, 1.165) is 5.69 Å². The molecule has 102 valence electrons. The largest absolute Gasteiger partial charge is 0.373 e. The van der Waals surface area contributed by atoms with Gasteiger partial charge in [-0.3, -0.25) is 9.55 Å². The lowest BCUT2D eigenvalue weighted by molar-refractivity contribution is 0.220. The SMILES string of the molecule is CCOP(=O)(CCN(C)c1cccnc1)OCC. The van der Waals surface area contributed by atoms with Gasteiger partial charge in [0.25, 0.3) is 0 Å². The van der Waals surface area contributed by atoms with Crippen LogP contribution in [0.4, 0.5) is 5.69 Å². The molecular formula is C12H21N2O3P. The molecule has 0 aliphatic rings. The normalized spacial score (nSPS) is 11.5. The summed E-state index contributed by atoms with van der Waals surface area (Å²) in [5, 5.41) is 0. The summed E-state index contributed by atoms with van der Waals surface area (Å²) in [4.78, 5) is 6.03. The van der Waals surface area contributed by atoms with Gasteiger partial charge in [0.15, 0.2) is 0 Å². The molecule has 0 spiro atoms. The van der Waals surface area contributed by atoms with Crippen molar-refractivity contribution in [1.82, 2.24) is 4.98 Å². The highest BCUT2D eigenvalue weighted by Gasteiger charge is 2.23. The van der Waals surface area contributed by atoms with E-state index in [-0.39, 0.29) is 0 Å². The maximum Gasteiger partial charge on any atom is 0.332 e. The van der Waals surface area contributed by atoms with Crippen molar-refractivity contribution in [2.45, 2.75) is 13.8 Å². The first kappa shape index (κ1) is 15.2. The molecule has 0 radical (unpaired) electrons. The van der Waals surface area contributed by atoms with E-state index in [4.69, 9.17) is 9.05 Å². The lowest BCUT2D eigenvalue weighted by Gasteiger charge is -2.22. The van der Waals surface area contributed by atoms with Gasteiger partial charge < -0.3 is 13.9 Å². The Kier molecular flexibility index (Phi) is 6.33.